The second-order valence-corrected chi connectivity index (χ2v) is 5.00. The summed E-state index contributed by atoms with van der Waals surface area (Å²) in [5, 5.41) is 0. The molecule has 0 aliphatic rings. The fourth-order valence-corrected chi connectivity index (χ4v) is 2.61. The van der Waals surface area contributed by atoms with Crippen molar-refractivity contribution in [2.75, 3.05) is 7.11 Å². The molecule has 0 atom stereocenters. The third kappa shape index (κ3) is 2.42. The molecule has 108 valence electrons. The smallest absolute Gasteiger partial charge is 0.178 e. The number of hydrogen-bond acceptors (Lipinski definition) is 2. The maximum absolute atomic E-state index is 13.8. The first kappa shape index (κ1) is 13.8. The zero-order valence-corrected chi connectivity index (χ0v) is 12.0. The van der Waals surface area contributed by atoms with Gasteiger partial charge in [0.1, 0.15) is 17.1 Å². The maximum atomic E-state index is 13.8. The summed E-state index contributed by atoms with van der Waals surface area (Å²) in [6.45, 7) is 0.367. The lowest BCUT2D eigenvalue weighted by Crippen LogP contribution is -2.02. The number of rotatable bonds is 3. The monoisotopic (exact) mass is 306 g/mol. The number of para-hydroxylation sites is 1. The van der Waals surface area contributed by atoms with Crippen molar-refractivity contribution in [1.82, 2.24) is 9.55 Å². The summed E-state index contributed by atoms with van der Waals surface area (Å²) in [4.78, 5) is 2.78. The third-order valence-corrected chi connectivity index (χ3v) is 3.65. The fraction of sp³-hybridized carbons (Fsp3) is 0.133. The van der Waals surface area contributed by atoms with Crippen LogP contribution in [-0.2, 0) is 6.54 Å². The summed E-state index contributed by atoms with van der Waals surface area (Å²) in [7, 11) is 1.58. The molecular formula is C15H12F2N2OS. The summed E-state index contributed by atoms with van der Waals surface area (Å²) >= 11 is 5.21. The number of ether oxygens (including phenoxy) is 1. The third-order valence-electron chi connectivity index (χ3n) is 3.32. The van der Waals surface area contributed by atoms with Gasteiger partial charge in [-0.15, -0.1) is 0 Å². The topological polar surface area (TPSA) is 29.9 Å². The summed E-state index contributed by atoms with van der Waals surface area (Å²) in [5.41, 5.74) is 1.47. The molecule has 1 N–H and O–H groups in total. The predicted octanol–water partition coefficient (Wildman–Crippen LogP) is 4.03. The van der Waals surface area contributed by atoms with E-state index in [2.05, 4.69) is 4.98 Å². The van der Waals surface area contributed by atoms with Gasteiger partial charge in [-0.3, -0.25) is 0 Å². The zero-order chi connectivity index (χ0) is 15.0. The first-order valence-corrected chi connectivity index (χ1v) is 6.70. The van der Waals surface area contributed by atoms with Gasteiger partial charge < -0.3 is 14.3 Å². The van der Waals surface area contributed by atoms with Crippen LogP contribution in [0.25, 0.3) is 11.0 Å². The Morgan fingerprint density at radius 3 is 2.76 bits per heavy atom. The molecule has 1 heterocycles. The van der Waals surface area contributed by atoms with Crippen LogP contribution in [0.4, 0.5) is 8.78 Å². The Balaban J connectivity index is 2.17. The molecule has 1 aromatic heterocycles. The molecular weight excluding hydrogens is 294 g/mol. The van der Waals surface area contributed by atoms with Crippen LogP contribution in [0.5, 0.6) is 5.75 Å². The summed E-state index contributed by atoms with van der Waals surface area (Å²) < 4.78 is 34.5. The van der Waals surface area contributed by atoms with Gasteiger partial charge in [-0.05, 0) is 24.4 Å². The zero-order valence-electron chi connectivity index (χ0n) is 11.2. The molecule has 2 aromatic carbocycles. The Labute approximate surface area is 124 Å². The highest BCUT2D eigenvalue weighted by Crippen LogP contribution is 2.23. The van der Waals surface area contributed by atoms with Crippen LogP contribution in [0.3, 0.4) is 0 Å². The molecule has 0 spiro atoms. The van der Waals surface area contributed by atoms with Crippen LogP contribution in [0.1, 0.15) is 5.56 Å². The normalized spacial score (nSPS) is 11.0. The number of halogens is 2. The average molecular weight is 306 g/mol. The molecule has 0 saturated carbocycles. The van der Waals surface area contributed by atoms with Crippen LogP contribution in [0, 0.1) is 16.4 Å². The molecule has 0 unspecified atom stereocenters. The highest BCUT2D eigenvalue weighted by atomic mass is 32.1. The number of aromatic amines is 1. The highest BCUT2D eigenvalue weighted by Gasteiger charge is 2.12. The van der Waals surface area contributed by atoms with Gasteiger partial charge in [0.05, 0.1) is 19.2 Å². The number of methoxy groups -OCH3 is 1. The second kappa shape index (κ2) is 5.29. The molecule has 3 aromatic rings. The maximum Gasteiger partial charge on any atom is 0.178 e. The van der Waals surface area contributed by atoms with Crippen LogP contribution in [0.15, 0.2) is 36.4 Å². The van der Waals surface area contributed by atoms with Crippen LogP contribution in [-0.4, -0.2) is 16.7 Å². The molecule has 0 bridgehead atoms. The number of benzene rings is 2. The summed E-state index contributed by atoms with van der Waals surface area (Å²) in [6, 6.07) is 9.54. The van der Waals surface area contributed by atoms with Crippen molar-refractivity contribution >= 4 is 23.3 Å². The van der Waals surface area contributed by atoms with E-state index in [0.717, 1.165) is 11.6 Å². The van der Waals surface area contributed by atoms with Gasteiger partial charge in [-0.25, -0.2) is 8.78 Å². The van der Waals surface area contributed by atoms with Gasteiger partial charge in [0.15, 0.2) is 10.6 Å². The molecule has 0 amide bonds. The van der Waals surface area contributed by atoms with E-state index < -0.39 is 11.6 Å². The fourth-order valence-electron chi connectivity index (χ4n) is 2.34. The molecule has 3 rings (SSSR count). The minimum Gasteiger partial charge on any atom is -0.496 e. The molecule has 0 aliphatic carbocycles. The van der Waals surface area contributed by atoms with Gasteiger partial charge >= 0.3 is 0 Å². The Bertz CT molecular complexity index is 870. The van der Waals surface area contributed by atoms with Crippen molar-refractivity contribution in [3.8, 4) is 5.75 Å². The Morgan fingerprint density at radius 1 is 1.24 bits per heavy atom. The van der Waals surface area contributed by atoms with Gasteiger partial charge in [-0.2, -0.15) is 0 Å². The lowest BCUT2D eigenvalue weighted by atomic mass is 10.2. The van der Waals surface area contributed by atoms with Crippen molar-refractivity contribution < 1.29 is 13.5 Å². The standard InChI is InChI=1S/C15H12F2N2OS/c1-20-13-5-3-2-4-9(13)8-19-12-7-10(16)6-11(17)14(12)18-15(19)21/h2-7H,8H2,1H3,(H,18,21). The van der Waals surface area contributed by atoms with Crippen LogP contribution < -0.4 is 4.74 Å². The number of nitrogens with zero attached hydrogens (tertiary/aromatic N) is 1. The SMILES string of the molecule is COc1ccccc1Cn1c(=S)[nH]c2c(F)cc(F)cc21. The Hall–Kier alpha value is -2.21. The van der Waals surface area contributed by atoms with Crippen LogP contribution >= 0.6 is 12.2 Å². The molecule has 0 aliphatic heterocycles. The first-order chi connectivity index (χ1) is 10.1. The molecule has 0 saturated heterocycles. The first-order valence-electron chi connectivity index (χ1n) is 6.29. The Morgan fingerprint density at radius 2 is 2.00 bits per heavy atom. The van der Waals surface area contributed by atoms with E-state index >= 15 is 0 Å². The quantitative estimate of drug-likeness (QED) is 0.740. The summed E-state index contributed by atoms with van der Waals surface area (Å²) in [6.07, 6.45) is 0. The average Bonchev–Trinajstić information content (AvgIpc) is 2.77. The largest absolute Gasteiger partial charge is 0.496 e. The van der Waals surface area contributed by atoms with Crippen molar-refractivity contribution in [3.63, 3.8) is 0 Å². The van der Waals surface area contributed by atoms with Gasteiger partial charge in [-0.1, -0.05) is 18.2 Å². The molecule has 21 heavy (non-hydrogen) atoms. The van der Waals surface area contributed by atoms with E-state index in [9.17, 15) is 8.78 Å². The number of hydrogen-bond donors (Lipinski definition) is 1. The van der Waals surface area contributed by atoms with E-state index in [-0.39, 0.29) is 5.52 Å². The number of nitrogens with one attached hydrogen (secondary N) is 1. The Kier molecular flexibility index (Phi) is 3.47. The molecule has 0 radical (unpaired) electrons. The number of imidazole rings is 1. The van der Waals surface area contributed by atoms with Gasteiger partial charge in [0.25, 0.3) is 0 Å². The second-order valence-electron chi connectivity index (χ2n) is 4.61. The van der Waals surface area contributed by atoms with E-state index in [1.807, 2.05) is 24.3 Å². The van der Waals surface area contributed by atoms with Crippen LogP contribution in [0.2, 0.25) is 0 Å². The lowest BCUT2D eigenvalue weighted by Gasteiger charge is -2.09. The van der Waals surface area contributed by atoms with Gasteiger partial charge in [0.2, 0.25) is 0 Å². The predicted molar refractivity (Wildman–Crippen MR) is 79.1 cm³/mol. The minimum absolute atomic E-state index is 0.205. The molecule has 0 fully saturated rings. The number of fused-ring (bicyclic) bond motifs is 1. The van der Waals surface area contributed by atoms with E-state index in [4.69, 9.17) is 17.0 Å². The van der Waals surface area contributed by atoms with Gasteiger partial charge in [0, 0.05) is 11.6 Å². The minimum atomic E-state index is -0.658. The van der Waals surface area contributed by atoms with Crippen molar-refractivity contribution in [2.24, 2.45) is 0 Å². The number of H-pyrrole nitrogens is 1. The lowest BCUT2D eigenvalue weighted by molar-refractivity contribution is 0.408. The van der Waals surface area contributed by atoms with E-state index in [1.54, 1.807) is 11.7 Å². The summed E-state index contributed by atoms with van der Waals surface area (Å²) in [5.74, 6) is -0.594. The van der Waals surface area contributed by atoms with Crippen molar-refractivity contribution in [3.05, 3.63) is 58.4 Å². The van der Waals surface area contributed by atoms with Crippen molar-refractivity contribution in [1.29, 1.82) is 0 Å². The molecule has 6 heteroatoms. The number of aromatic nitrogens is 2. The van der Waals surface area contributed by atoms with E-state index in [1.165, 1.54) is 6.07 Å². The van der Waals surface area contributed by atoms with Crippen molar-refractivity contribution in [2.45, 2.75) is 6.54 Å². The molecule has 3 nitrogen and oxygen atoms in total. The highest BCUT2D eigenvalue weighted by molar-refractivity contribution is 7.71. The van der Waals surface area contributed by atoms with E-state index in [0.29, 0.717) is 22.6 Å².